The maximum absolute atomic E-state index is 12.0. The van der Waals surface area contributed by atoms with E-state index in [1.165, 1.54) is 6.26 Å². The Balaban J connectivity index is 1.93. The van der Waals surface area contributed by atoms with Crippen LogP contribution in [0, 0.1) is 12.8 Å². The van der Waals surface area contributed by atoms with E-state index >= 15 is 0 Å². The second kappa shape index (κ2) is 7.49. The Hall–Kier alpha value is -2.76. The number of carbonyl (C=O) groups excluding carboxylic acids is 2. The number of aryl methyl sites for hydroxylation is 1. The summed E-state index contributed by atoms with van der Waals surface area (Å²) in [7, 11) is 0. The zero-order chi connectivity index (χ0) is 16.8. The number of carbonyl (C=O) groups is 2. The van der Waals surface area contributed by atoms with Gasteiger partial charge in [0, 0.05) is 0 Å². The van der Waals surface area contributed by atoms with Crippen LogP contribution in [0.1, 0.15) is 41.6 Å². The molecule has 1 unspecified atom stereocenters. The summed E-state index contributed by atoms with van der Waals surface area (Å²) in [6, 6.07) is 10.6. The Morgan fingerprint density at radius 3 is 2.30 bits per heavy atom. The fourth-order valence-corrected chi connectivity index (χ4v) is 2.27. The summed E-state index contributed by atoms with van der Waals surface area (Å²) >= 11 is 0. The number of hydrogen-bond donors (Lipinski definition) is 3. The number of hydrazine groups is 1. The number of urea groups is 1. The van der Waals surface area contributed by atoms with Crippen molar-refractivity contribution < 1.29 is 14.0 Å². The molecule has 1 aromatic heterocycles. The maximum Gasteiger partial charge on any atom is 0.333 e. The van der Waals surface area contributed by atoms with Gasteiger partial charge in [-0.25, -0.2) is 10.2 Å². The highest BCUT2D eigenvalue weighted by Crippen LogP contribution is 2.20. The molecule has 0 aliphatic rings. The third-order valence-electron chi connectivity index (χ3n) is 3.50. The number of nitrogens with one attached hydrogen (secondary N) is 3. The van der Waals surface area contributed by atoms with E-state index in [-0.39, 0.29) is 12.0 Å². The molecule has 0 fully saturated rings. The predicted octanol–water partition coefficient (Wildman–Crippen LogP) is 2.93. The molecule has 1 heterocycles. The molecular formula is C17H21N3O3. The monoisotopic (exact) mass is 315 g/mol. The van der Waals surface area contributed by atoms with Crippen molar-refractivity contribution in [2.75, 3.05) is 0 Å². The van der Waals surface area contributed by atoms with Crippen molar-refractivity contribution in [3.8, 4) is 0 Å². The fraction of sp³-hybridized carbons (Fsp3) is 0.294. The van der Waals surface area contributed by atoms with Crippen molar-refractivity contribution in [2.24, 2.45) is 5.92 Å². The molecule has 3 N–H and O–H groups in total. The van der Waals surface area contributed by atoms with Gasteiger partial charge in [-0.05, 0) is 24.5 Å². The minimum atomic E-state index is -0.470. The van der Waals surface area contributed by atoms with Crippen molar-refractivity contribution in [3.63, 3.8) is 0 Å². The standard InChI is InChI=1S/C17H21N3O3/c1-11(2)15(13-7-5-4-6-8-13)18-17(22)20-19-16(21)14-9-10-23-12(14)3/h4-11,15H,1-3H3,(H,19,21)(H2,18,20,22). The molecule has 0 bridgehead atoms. The van der Waals surface area contributed by atoms with E-state index in [1.807, 2.05) is 44.2 Å². The van der Waals surface area contributed by atoms with Crippen molar-refractivity contribution in [3.05, 3.63) is 59.5 Å². The van der Waals surface area contributed by atoms with E-state index in [4.69, 9.17) is 4.42 Å². The Morgan fingerprint density at radius 2 is 1.74 bits per heavy atom. The first kappa shape index (κ1) is 16.6. The van der Waals surface area contributed by atoms with E-state index in [9.17, 15) is 9.59 Å². The predicted molar refractivity (Wildman–Crippen MR) is 86.6 cm³/mol. The van der Waals surface area contributed by atoms with Gasteiger partial charge in [-0.1, -0.05) is 44.2 Å². The van der Waals surface area contributed by atoms with Gasteiger partial charge < -0.3 is 9.73 Å². The smallest absolute Gasteiger partial charge is 0.333 e. The molecule has 0 radical (unpaired) electrons. The summed E-state index contributed by atoms with van der Waals surface area (Å²) in [5, 5.41) is 2.86. The molecule has 0 aliphatic carbocycles. The zero-order valence-corrected chi connectivity index (χ0v) is 13.4. The van der Waals surface area contributed by atoms with Crippen molar-refractivity contribution in [1.29, 1.82) is 0 Å². The number of amides is 3. The van der Waals surface area contributed by atoms with Crippen LogP contribution in [0.5, 0.6) is 0 Å². The lowest BCUT2D eigenvalue weighted by atomic mass is 9.96. The van der Waals surface area contributed by atoms with E-state index in [0.717, 1.165) is 5.56 Å². The topological polar surface area (TPSA) is 83.4 Å². The van der Waals surface area contributed by atoms with Crippen LogP contribution in [0.15, 0.2) is 47.1 Å². The largest absolute Gasteiger partial charge is 0.469 e. The molecule has 3 amide bonds. The SMILES string of the molecule is Cc1occc1C(=O)NNC(=O)NC(c1ccccc1)C(C)C. The number of rotatable bonds is 4. The number of benzene rings is 1. The van der Waals surface area contributed by atoms with Crippen LogP contribution in [0.2, 0.25) is 0 Å². The van der Waals surface area contributed by atoms with Crippen LogP contribution >= 0.6 is 0 Å². The Morgan fingerprint density at radius 1 is 1.04 bits per heavy atom. The third-order valence-corrected chi connectivity index (χ3v) is 3.50. The van der Waals surface area contributed by atoms with Gasteiger partial charge >= 0.3 is 6.03 Å². The minimum Gasteiger partial charge on any atom is -0.469 e. The molecule has 23 heavy (non-hydrogen) atoms. The quantitative estimate of drug-likeness (QED) is 0.759. The van der Waals surface area contributed by atoms with Crippen LogP contribution < -0.4 is 16.2 Å². The summed E-state index contributed by atoms with van der Waals surface area (Å²) in [6.45, 7) is 5.72. The Kier molecular flexibility index (Phi) is 5.41. The second-order valence-electron chi connectivity index (χ2n) is 5.58. The lowest BCUT2D eigenvalue weighted by Crippen LogP contribution is -2.48. The molecule has 2 aromatic rings. The molecule has 0 saturated carbocycles. The summed E-state index contributed by atoms with van der Waals surface area (Å²) in [4.78, 5) is 23.9. The van der Waals surface area contributed by atoms with Gasteiger partial charge in [-0.3, -0.25) is 10.2 Å². The van der Waals surface area contributed by atoms with Crippen LogP contribution in [-0.4, -0.2) is 11.9 Å². The number of furan rings is 1. The average Bonchev–Trinajstić information content (AvgIpc) is 2.97. The summed E-state index contributed by atoms with van der Waals surface area (Å²) in [6.07, 6.45) is 1.43. The first-order valence-electron chi connectivity index (χ1n) is 7.45. The molecule has 0 saturated heterocycles. The van der Waals surface area contributed by atoms with E-state index in [1.54, 1.807) is 13.0 Å². The summed E-state index contributed by atoms with van der Waals surface area (Å²) in [5.41, 5.74) is 6.11. The zero-order valence-electron chi connectivity index (χ0n) is 13.4. The maximum atomic E-state index is 12.0. The molecule has 6 heteroatoms. The highest BCUT2D eigenvalue weighted by Gasteiger charge is 2.19. The van der Waals surface area contributed by atoms with Gasteiger partial charge in [0.2, 0.25) is 0 Å². The Labute approximate surface area is 135 Å². The van der Waals surface area contributed by atoms with Crippen LogP contribution in [0.4, 0.5) is 4.79 Å². The first-order chi connectivity index (χ1) is 11.0. The van der Waals surface area contributed by atoms with Gasteiger partial charge in [0.15, 0.2) is 0 Å². The molecule has 0 spiro atoms. The molecule has 1 aromatic carbocycles. The first-order valence-corrected chi connectivity index (χ1v) is 7.45. The van der Waals surface area contributed by atoms with Crippen LogP contribution in [0.25, 0.3) is 0 Å². The normalized spacial score (nSPS) is 11.8. The molecule has 2 rings (SSSR count). The second-order valence-corrected chi connectivity index (χ2v) is 5.58. The van der Waals surface area contributed by atoms with Gasteiger partial charge in [0.25, 0.3) is 5.91 Å². The van der Waals surface area contributed by atoms with Gasteiger partial charge in [0.1, 0.15) is 5.76 Å². The molecule has 6 nitrogen and oxygen atoms in total. The van der Waals surface area contributed by atoms with Crippen LogP contribution in [-0.2, 0) is 0 Å². The van der Waals surface area contributed by atoms with Gasteiger partial charge in [-0.15, -0.1) is 0 Å². The summed E-state index contributed by atoms with van der Waals surface area (Å²) in [5.74, 6) is 0.274. The summed E-state index contributed by atoms with van der Waals surface area (Å²) < 4.78 is 5.06. The van der Waals surface area contributed by atoms with Gasteiger partial charge in [-0.2, -0.15) is 0 Å². The van der Waals surface area contributed by atoms with Crippen molar-refractivity contribution >= 4 is 11.9 Å². The van der Waals surface area contributed by atoms with Gasteiger partial charge in [0.05, 0.1) is 17.9 Å². The highest BCUT2D eigenvalue weighted by molar-refractivity contribution is 5.96. The average molecular weight is 315 g/mol. The minimum absolute atomic E-state index is 0.149. The van der Waals surface area contributed by atoms with E-state index in [2.05, 4.69) is 16.2 Å². The highest BCUT2D eigenvalue weighted by atomic mass is 16.3. The van der Waals surface area contributed by atoms with Crippen LogP contribution in [0.3, 0.4) is 0 Å². The molecular weight excluding hydrogens is 294 g/mol. The lowest BCUT2D eigenvalue weighted by molar-refractivity contribution is 0.0934. The Bertz CT molecular complexity index is 665. The fourth-order valence-electron chi connectivity index (χ4n) is 2.27. The van der Waals surface area contributed by atoms with Crippen molar-refractivity contribution in [1.82, 2.24) is 16.2 Å². The lowest BCUT2D eigenvalue weighted by Gasteiger charge is -2.23. The van der Waals surface area contributed by atoms with E-state index in [0.29, 0.717) is 11.3 Å². The van der Waals surface area contributed by atoms with Crippen molar-refractivity contribution in [2.45, 2.75) is 26.8 Å². The third kappa shape index (κ3) is 4.35. The molecule has 1 atom stereocenters. The molecule has 0 aliphatic heterocycles. The number of hydrogen-bond acceptors (Lipinski definition) is 3. The molecule has 122 valence electrons. The van der Waals surface area contributed by atoms with E-state index < -0.39 is 11.9 Å².